The lowest BCUT2D eigenvalue weighted by Gasteiger charge is -2.26. The van der Waals surface area contributed by atoms with Crippen molar-refractivity contribution in [1.82, 2.24) is 10.2 Å². The Morgan fingerprint density at radius 1 is 1.43 bits per heavy atom. The first kappa shape index (κ1) is 15.8. The van der Waals surface area contributed by atoms with Gasteiger partial charge in [0.15, 0.2) is 5.12 Å². The summed E-state index contributed by atoms with van der Waals surface area (Å²) in [7, 11) is 2.08. The Morgan fingerprint density at radius 3 is 2.81 bits per heavy atom. The van der Waals surface area contributed by atoms with Gasteiger partial charge in [-0.05, 0) is 7.05 Å². The van der Waals surface area contributed by atoms with Gasteiger partial charge in [0.25, 0.3) is 6.20 Å². The van der Waals surface area contributed by atoms with Crippen molar-refractivity contribution < 1.29 is 18.9 Å². The van der Waals surface area contributed by atoms with Crippen LogP contribution < -0.4 is 15.1 Å². The fourth-order valence-corrected chi connectivity index (χ4v) is 2.49. The average Bonchev–Trinajstić information content (AvgIpc) is 2.87. The van der Waals surface area contributed by atoms with E-state index in [2.05, 4.69) is 22.5 Å². The number of amides is 1. The molecule has 116 valence electrons. The molecule has 0 saturated carbocycles. The van der Waals surface area contributed by atoms with Gasteiger partial charge in [0.1, 0.15) is 0 Å². The standard InChI is InChI=1S/C12H19N5O3S/c1-10(18)21-8-3-11(19)13-12-9-17(14-20-12)16-6-4-15(2)5-7-16/h9H,3-8H2,1-2H3/p+1. The van der Waals surface area contributed by atoms with Crippen molar-refractivity contribution in [3.63, 3.8) is 0 Å². The molecule has 0 spiro atoms. The van der Waals surface area contributed by atoms with Gasteiger partial charge in [-0.1, -0.05) is 11.8 Å². The van der Waals surface area contributed by atoms with Crippen molar-refractivity contribution in [3.8, 4) is 0 Å². The highest BCUT2D eigenvalue weighted by Gasteiger charge is 2.24. The molecule has 1 fully saturated rings. The van der Waals surface area contributed by atoms with Crippen LogP contribution in [-0.2, 0) is 9.59 Å². The third-order valence-electron chi connectivity index (χ3n) is 3.12. The highest BCUT2D eigenvalue weighted by atomic mass is 32.2. The third kappa shape index (κ3) is 5.01. The van der Waals surface area contributed by atoms with Gasteiger partial charge in [0.05, 0.1) is 17.9 Å². The summed E-state index contributed by atoms with van der Waals surface area (Å²) >= 11 is 1.13. The zero-order valence-corrected chi connectivity index (χ0v) is 13.1. The number of aromatic nitrogens is 2. The zero-order chi connectivity index (χ0) is 15.2. The maximum atomic E-state index is 11.7. The fourth-order valence-electron chi connectivity index (χ4n) is 1.91. The van der Waals surface area contributed by atoms with E-state index in [1.165, 1.54) is 6.92 Å². The van der Waals surface area contributed by atoms with Crippen LogP contribution in [0.4, 0.5) is 5.88 Å². The Labute approximate surface area is 127 Å². The monoisotopic (exact) mass is 314 g/mol. The Hall–Kier alpha value is -1.61. The van der Waals surface area contributed by atoms with E-state index in [1.807, 2.05) is 5.01 Å². The number of carbonyl (C=O) groups is 2. The number of likely N-dealkylation sites (N-methyl/N-ethyl adjacent to an activating group) is 1. The molecule has 1 aromatic heterocycles. The van der Waals surface area contributed by atoms with Gasteiger partial charge >= 0.3 is 5.88 Å². The van der Waals surface area contributed by atoms with Crippen LogP contribution in [0.1, 0.15) is 13.3 Å². The van der Waals surface area contributed by atoms with E-state index in [0.29, 0.717) is 11.6 Å². The van der Waals surface area contributed by atoms with Crippen molar-refractivity contribution in [3.05, 3.63) is 6.20 Å². The number of rotatable bonds is 5. The predicted molar refractivity (Wildman–Crippen MR) is 78.5 cm³/mol. The molecule has 1 aliphatic heterocycles. The van der Waals surface area contributed by atoms with E-state index in [4.69, 9.17) is 4.52 Å². The lowest BCUT2D eigenvalue weighted by atomic mass is 10.4. The van der Waals surface area contributed by atoms with Crippen LogP contribution in [0, 0.1) is 0 Å². The molecule has 0 aromatic carbocycles. The van der Waals surface area contributed by atoms with Gasteiger partial charge in [-0.2, -0.15) is 5.01 Å². The average molecular weight is 314 g/mol. The van der Waals surface area contributed by atoms with Gasteiger partial charge in [0, 0.05) is 32.2 Å². The van der Waals surface area contributed by atoms with E-state index >= 15 is 0 Å². The van der Waals surface area contributed by atoms with Crippen LogP contribution in [0.25, 0.3) is 0 Å². The van der Waals surface area contributed by atoms with Gasteiger partial charge in [0.2, 0.25) is 11.2 Å². The second-order valence-corrected chi connectivity index (χ2v) is 6.15. The number of nitrogens with one attached hydrogen (secondary N) is 1. The minimum atomic E-state index is -0.189. The molecule has 0 bridgehead atoms. The first-order valence-corrected chi connectivity index (χ1v) is 7.79. The van der Waals surface area contributed by atoms with E-state index in [-0.39, 0.29) is 17.4 Å². The fraction of sp³-hybridized carbons (Fsp3) is 0.667. The Balaban J connectivity index is 1.80. The van der Waals surface area contributed by atoms with E-state index in [9.17, 15) is 9.59 Å². The van der Waals surface area contributed by atoms with Crippen molar-refractivity contribution >= 4 is 28.7 Å². The molecule has 1 saturated heterocycles. The van der Waals surface area contributed by atoms with Crippen molar-refractivity contribution in [2.75, 3.05) is 49.3 Å². The first-order chi connectivity index (χ1) is 10.0. The molecule has 1 N–H and O–H groups in total. The lowest BCUT2D eigenvalue weighted by molar-refractivity contribution is -0.759. The molecule has 2 heterocycles. The number of thioether (sulfide) groups is 1. The topological polar surface area (TPSA) is 82.6 Å². The van der Waals surface area contributed by atoms with E-state index in [1.54, 1.807) is 11.0 Å². The molecule has 0 unspecified atom stereocenters. The summed E-state index contributed by atoms with van der Waals surface area (Å²) in [4.78, 5) is 26.3. The molecule has 21 heavy (non-hydrogen) atoms. The summed E-state index contributed by atoms with van der Waals surface area (Å²) in [6.45, 7) is 5.12. The molecule has 1 amide bonds. The highest BCUT2D eigenvalue weighted by molar-refractivity contribution is 8.13. The van der Waals surface area contributed by atoms with E-state index in [0.717, 1.165) is 37.9 Å². The minimum Gasteiger partial charge on any atom is -0.302 e. The third-order valence-corrected chi connectivity index (χ3v) is 3.94. The molecular formula is C12H20N5O3S+. The molecule has 9 heteroatoms. The molecule has 0 atom stereocenters. The summed E-state index contributed by atoms with van der Waals surface area (Å²) in [5.74, 6) is 0.588. The Kier molecular flexibility index (Phi) is 5.57. The van der Waals surface area contributed by atoms with Gasteiger partial charge in [-0.15, -0.1) is 0 Å². The second-order valence-electron chi connectivity index (χ2n) is 4.88. The second kappa shape index (κ2) is 7.41. The largest absolute Gasteiger partial charge is 0.305 e. The maximum absolute atomic E-state index is 11.7. The van der Waals surface area contributed by atoms with Crippen LogP contribution in [0.15, 0.2) is 10.7 Å². The molecule has 8 nitrogen and oxygen atoms in total. The van der Waals surface area contributed by atoms with Gasteiger partial charge in [-0.25, -0.2) is 0 Å². The van der Waals surface area contributed by atoms with Crippen molar-refractivity contribution in [2.24, 2.45) is 0 Å². The Bertz CT molecular complexity index is 499. The van der Waals surface area contributed by atoms with Crippen LogP contribution in [0.2, 0.25) is 0 Å². The predicted octanol–water partition coefficient (Wildman–Crippen LogP) is -0.546. The summed E-state index contributed by atoms with van der Waals surface area (Å²) in [5.41, 5.74) is 0. The number of piperazine rings is 1. The SMILES string of the molecule is CC(=O)SCCC(=O)Nc1c[n+](N2CCN(C)CC2)no1. The van der Waals surface area contributed by atoms with E-state index < -0.39 is 0 Å². The summed E-state index contributed by atoms with van der Waals surface area (Å²) in [6, 6.07) is 0. The van der Waals surface area contributed by atoms with Crippen molar-refractivity contribution in [1.29, 1.82) is 0 Å². The molecule has 1 aromatic rings. The number of hydrogen-bond acceptors (Lipinski definition) is 7. The van der Waals surface area contributed by atoms with Gasteiger partial charge < -0.3 is 4.90 Å². The number of anilines is 1. The summed E-state index contributed by atoms with van der Waals surface area (Å²) < 4.78 is 5.09. The first-order valence-electron chi connectivity index (χ1n) is 6.80. The molecular weight excluding hydrogens is 294 g/mol. The van der Waals surface area contributed by atoms with Crippen LogP contribution >= 0.6 is 11.8 Å². The van der Waals surface area contributed by atoms with Gasteiger partial charge in [-0.3, -0.25) is 19.4 Å². The summed E-state index contributed by atoms with van der Waals surface area (Å²) in [5, 5.41) is 8.59. The zero-order valence-electron chi connectivity index (χ0n) is 12.2. The normalized spacial score (nSPS) is 16.0. The smallest absolute Gasteiger partial charge is 0.302 e. The number of hydrogen-bond donors (Lipinski definition) is 1. The summed E-state index contributed by atoms with van der Waals surface area (Å²) in [6.07, 6.45) is 1.92. The molecule has 2 rings (SSSR count). The van der Waals surface area contributed by atoms with Crippen LogP contribution in [-0.4, -0.2) is 60.2 Å². The Morgan fingerprint density at radius 2 is 2.14 bits per heavy atom. The lowest BCUT2D eigenvalue weighted by Crippen LogP contribution is -2.64. The molecule has 0 aliphatic carbocycles. The number of nitrogens with zero attached hydrogens (tertiary/aromatic N) is 4. The maximum Gasteiger partial charge on any atom is 0.305 e. The quantitative estimate of drug-likeness (QED) is 0.730. The van der Waals surface area contributed by atoms with Crippen LogP contribution in [0.5, 0.6) is 0 Å². The number of carbonyl (C=O) groups excluding carboxylic acids is 2. The highest BCUT2D eigenvalue weighted by Crippen LogP contribution is 2.06. The molecule has 0 radical (unpaired) electrons. The van der Waals surface area contributed by atoms with Crippen molar-refractivity contribution in [2.45, 2.75) is 13.3 Å². The van der Waals surface area contributed by atoms with Crippen LogP contribution in [0.3, 0.4) is 0 Å². The molecule has 1 aliphatic rings. The minimum absolute atomic E-state index is 0.00961.